The van der Waals surface area contributed by atoms with Gasteiger partial charge < -0.3 is 52.5 Å². The molecule has 15 heteroatoms. The number of benzene rings is 2. The molecule has 0 unspecified atom stereocenters. The van der Waals surface area contributed by atoms with Crippen LogP contribution in [-0.2, 0) is 27.5 Å². The van der Waals surface area contributed by atoms with E-state index in [4.69, 9.17) is 37.0 Å². The van der Waals surface area contributed by atoms with E-state index >= 15 is 0 Å². The van der Waals surface area contributed by atoms with Crippen molar-refractivity contribution in [1.82, 2.24) is 5.32 Å². The summed E-state index contributed by atoms with van der Waals surface area (Å²) in [5, 5.41) is 24.2. The molecule has 0 aliphatic carbocycles. The maximum absolute atomic E-state index is 12.8. The molecule has 266 valence electrons. The molecule has 0 aromatic heterocycles. The van der Waals surface area contributed by atoms with E-state index in [1.54, 1.807) is 36.4 Å². The Hall–Kier alpha value is -3.73. The van der Waals surface area contributed by atoms with Crippen LogP contribution in [0.25, 0.3) is 0 Å². The maximum atomic E-state index is 12.8. The lowest BCUT2D eigenvalue weighted by molar-refractivity contribution is 0.0269. The van der Waals surface area contributed by atoms with Crippen LogP contribution >= 0.6 is 0 Å². The van der Waals surface area contributed by atoms with Gasteiger partial charge in [-0.2, -0.15) is 0 Å². The highest BCUT2D eigenvalue weighted by Gasteiger charge is 2.39. The first-order valence-electron chi connectivity index (χ1n) is 16.3. The Bertz CT molecular complexity index is 1210. The molecule has 0 fully saturated rings. The summed E-state index contributed by atoms with van der Waals surface area (Å²) >= 11 is 0. The molecule has 0 saturated heterocycles. The molecule has 2 aromatic rings. The number of carbonyl (C=O) groups is 1. The van der Waals surface area contributed by atoms with Crippen molar-refractivity contribution in [3.05, 3.63) is 47.5 Å². The van der Waals surface area contributed by atoms with Crippen LogP contribution in [0.15, 0.2) is 46.4 Å². The lowest BCUT2D eigenvalue weighted by Gasteiger charge is -2.28. The van der Waals surface area contributed by atoms with Crippen molar-refractivity contribution in [2.24, 2.45) is 9.98 Å². The number of phenolic OH excluding ortho intramolecular Hbond substituents is 2. The minimum absolute atomic E-state index is 0.0489. The van der Waals surface area contributed by atoms with Crippen molar-refractivity contribution in [2.75, 3.05) is 79.1 Å². The molecule has 0 saturated carbocycles. The highest BCUT2D eigenvalue weighted by atomic mass is 28.4. The molecule has 1 aliphatic rings. The van der Waals surface area contributed by atoms with Crippen molar-refractivity contribution >= 4 is 27.3 Å². The molecule has 0 radical (unpaired) electrons. The first kappa shape index (κ1) is 38.7. The average molecular weight is 692 g/mol. The molecule has 3 N–H and O–H groups in total. The fourth-order valence-corrected chi connectivity index (χ4v) is 7.23. The van der Waals surface area contributed by atoms with E-state index in [0.29, 0.717) is 76.4 Å². The Morgan fingerprint density at radius 2 is 1.27 bits per heavy atom. The first-order chi connectivity index (χ1) is 23.4. The molecule has 2 aromatic carbocycles. The summed E-state index contributed by atoms with van der Waals surface area (Å²) in [7, 11) is -2.84. The summed E-state index contributed by atoms with van der Waals surface area (Å²) in [5.41, 5.74) is 0.860. The number of nitrogens with zero attached hydrogens (tertiary/aromatic N) is 2. The van der Waals surface area contributed by atoms with Crippen LogP contribution < -0.4 is 14.8 Å². The van der Waals surface area contributed by atoms with Gasteiger partial charge in [0.25, 0.3) is 0 Å². The summed E-state index contributed by atoms with van der Waals surface area (Å²) in [4.78, 5) is 21.7. The molecular weight excluding hydrogens is 642 g/mol. The lowest BCUT2D eigenvalue weighted by atomic mass is 10.2. The zero-order chi connectivity index (χ0) is 34.5. The fourth-order valence-electron chi connectivity index (χ4n) is 4.62. The zero-order valence-electron chi connectivity index (χ0n) is 28.1. The monoisotopic (exact) mass is 691 g/mol. The van der Waals surface area contributed by atoms with E-state index < -0.39 is 21.0 Å². The number of aliphatic imine (C=N–C) groups is 2. The normalized spacial score (nSPS) is 16.8. The summed E-state index contributed by atoms with van der Waals surface area (Å²) in [5.74, 6) is 0.435. The van der Waals surface area contributed by atoms with Gasteiger partial charge in [0.1, 0.15) is 19.3 Å². The molecule has 14 nitrogen and oxygen atoms in total. The number of para-hydroxylation sites is 2. The number of hydrogen-bond acceptors (Lipinski definition) is 13. The van der Waals surface area contributed by atoms with Crippen LogP contribution in [0.5, 0.6) is 23.0 Å². The third-order valence-corrected chi connectivity index (χ3v) is 9.93. The Balaban J connectivity index is 1.71. The molecule has 4 bridgehead atoms. The fraction of sp³-hybridized carbons (Fsp3) is 0.545. The topological polar surface area (TPSA) is 168 Å². The molecule has 1 amide bonds. The molecular formula is C33H49N3O11Si. The number of fused-ring (bicyclic) bond motifs is 4. The van der Waals surface area contributed by atoms with E-state index in [2.05, 4.69) is 15.3 Å². The Labute approximate surface area is 283 Å². The summed E-state index contributed by atoms with van der Waals surface area (Å²) in [6.45, 7) is 9.28. The van der Waals surface area contributed by atoms with Crippen LogP contribution in [0.1, 0.15) is 38.3 Å². The molecule has 1 aliphatic heterocycles. The quantitative estimate of drug-likeness (QED) is 0.230. The number of carbonyl (C=O) groups excluding carboxylic acids is 1. The number of aromatic hydroxyl groups is 2. The van der Waals surface area contributed by atoms with E-state index in [9.17, 15) is 15.0 Å². The molecule has 1 heterocycles. The largest absolute Gasteiger partial charge is 0.504 e. The number of amides is 1. The predicted octanol–water partition coefficient (Wildman–Crippen LogP) is 3.97. The summed E-state index contributed by atoms with van der Waals surface area (Å²) in [6, 6.07) is 10.7. The van der Waals surface area contributed by atoms with Crippen LogP contribution in [0.3, 0.4) is 0 Å². The Morgan fingerprint density at radius 1 is 0.792 bits per heavy atom. The van der Waals surface area contributed by atoms with E-state index in [1.807, 2.05) is 20.8 Å². The number of rotatable bonds is 11. The van der Waals surface area contributed by atoms with Gasteiger partial charge in [0, 0.05) is 56.0 Å². The van der Waals surface area contributed by atoms with E-state index in [1.165, 1.54) is 12.4 Å². The van der Waals surface area contributed by atoms with Gasteiger partial charge >= 0.3 is 14.9 Å². The highest BCUT2D eigenvalue weighted by Crippen LogP contribution is 2.29. The van der Waals surface area contributed by atoms with Gasteiger partial charge in [0.05, 0.1) is 39.5 Å². The van der Waals surface area contributed by atoms with Crippen LogP contribution in [0, 0.1) is 0 Å². The first-order valence-corrected chi connectivity index (χ1v) is 18.3. The third kappa shape index (κ3) is 13.4. The van der Waals surface area contributed by atoms with Crippen LogP contribution in [0.4, 0.5) is 4.79 Å². The number of phenols is 2. The second kappa shape index (κ2) is 22.0. The van der Waals surface area contributed by atoms with Crippen molar-refractivity contribution in [2.45, 2.75) is 39.3 Å². The van der Waals surface area contributed by atoms with Gasteiger partial charge in [-0.25, -0.2) is 4.79 Å². The standard InChI is InChI=1S/C33H49N3O11Si/c1-4-44-48(45-5-2,46-6-3)21-9-14-36-33(39)47-28-24-34-22-26-10-7-12-29(31(26)37)42-19-17-40-15-16-41-18-20-43-30-13-8-11-27(32(30)38)23-35-25-28/h7-8,10-13,22-23,28,37-38H,4-6,9,14-21,24-25H2,1-3H3,(H,36,39). The molecule has 48 heavy (non-hydrogen) atoms. The van der Waals surface area contributed by atoms with Crippen LogP contribution in [0.2, 0.25) is 6.04 Å². The van der Waals surface area contributed by atoms with Gasteiger partial charge in [-0.05, 0) is 51.5 Å². The number of alkyl carbamates (subject to hydrolysis) is 1. The van der Waals surface area contributed by atoms with E-state index in [0.717, 1.165) is 0 Å². The van der Waals surface area contributed by atoms with Crippen molar-refractivity contribution in [1.29, 1.82) is 0 Å². The zero-order valence-corrected chi connectivity index (χ0v) is 29.1. The minimum atomic E-state index is -2.84. The van der Waals surface area contributed by atoms with Gasteiger partial charge in [0.2, 0.25) is 0 Å². The summed E-state index contributed by atoms with van der Waals surface area (Å²) in [6.07, 6.45) is 2.13. The number of nitrogens with one attached hydrogen (secondary N) is 1. The van der Waals surface area contributed by atoms with Crippen molar-refractivity contribution in [3.8, 4) is 23.0 Å². The molecule has 3 rings (SSSR count). The Morgan fingerprint density at radius 3 is 1.75 bits per heavy atom. The van der Waals surface area contributed by atoms with Crippen molar-refractivity contribution < 1.29 is 52.0 Å². The van der Waals surface area contributed by atoms with Crippen molar-refractivity contribution in [3.63, 3.8) is 0 Å². The smallest absolute Gasteiger partial charge is 0.500 e. The van der Waals surface area contributed by atoms with Gasteiger partial charge in [-0.3, -0.25) is 9.98 Å². The Kier molecular flexibility index (Phi) is 17.7. The second-order valence-electron chi connectivity index (χ2n) is 10.3. The molecule has 0 spiro atoms. The average Bonchev–Trinajstić information content (AvgIpc) is 3.06. The minimum Gasteiger partial charge on any atom is -0.504 e. The second-order valence-corrected chi connectivity index (χ2v) is 13.1. The molecule has 0 atom stereocenters. The maximum Gasteiger partial charge on any atom is 0.500 e. The number of ether oxygens (including phenoxy) is 5. The number of hydrogen-bond donors (Lipinski definition) is 3. The predicted molar refractivity (Wildman–Crippen MR) is 182 cm³/mol. The highest BCUT2D eigenvalue weighted by molar-refractivity contribution is 6.60. The van der Waals surface area contributed by atoms with Gasteiger partial charge in [-0.15, -0.1) is 0 Å². The third-order valence-electron chi connectivity index (χ3n) is 6.78. The van der Waals surface area contributed by atoms with Gasteiger partial charge in [-0.1, -0.05) is 12.1 Å². The van der Waals surface area contributed by atoms with Crippen LogP contribution in [-0.4, -0.2) is 123 Å². The van der Waals surface area contributed by atoms with Gasteiger partial charge in [0.15, 0.2) is 23.0 Å². The SMILES string of the molecule is CCO[Si](CCCNC(=O)OC1CN=Cc2cccc(c2O)OCCOCCOCCOc2cccc(c2O)C=NC1)(OCC)OCC. The lowest BCUT2D eigenvalue weighted by Crippen LogP contribution is -2.46. The van der Waals surface area contributed by atoms with E-state index in [-0.39, 0.29) is 49.3 Å². The summed E-state index contributed by atoms with van der Waals surface area (Å²) < 4.78 is 45.8.